The van der Waals surface area contributed by atoms with Crippen LogP contribution < -0.4 is 10.9 Å². The van der Waals surface area contributed by atoms with Gasteiger partial charge in [-0.1, -0.05) is 0 Å². The van der Waals surface area contributed by atoms with Gasteiger partial charge in [0.15, 0.2) is 0 Å². The zero-order valence-corrected chi connectivity index (χ0v) is 10.4. The molecule has 0 spiro atoms. The molecule has 2 N–H and O–H groups in total. The van der Waals surface area contributed by atoms with Gasteiger partial charge < -0.3 is 10.2 Å². The first kappa shape index (κ1) is 13.2. The monoisotopic (exact) mass is 238 g/mol. The molecule has 1 heterocycles. The van der Waals surface area contributed by atoms with E-state index in [1.165, 1.54) is 12.3 Å². The Labute approximate surface area is 100 Å². The van der Waals surface area contributed by atoms with Crippen molar-refractivity contribution in [2.45, 2.75) is 26.8 Å². The molecule has 0 aliphatic carbocycles. The van der Waals surface area contributed by atoms with Crippen LogP contribution in [0.3, 0.4) is 0 Å². The number of anilines is 1. The molecule has 17 heavy (non-hydrogen) atoms. The highest BCUT2D eigenvalue weighted by molar-refractivity contribution is 5.84. The maximum atomic E-state index is 12.0. The lowest BCUT2D eigenvalue weighted by Crippen LogP contribution is -2.41. The average Bonchev–Trinajstić information content (AvgIpc) is 2.30. The number of carbonyl (C=O) groups excluding carboxylic acids is 1. The minimum absolute atomic E-state index is 0.00952. The number of nitrogens with zero attached hydrogens (tertiary/aromatic N) is 2. The quantitative estimate of drug-likeness (QED) is 0.780. The summed E-state index contributed by atoms with van der Waals surface area (Å²) in [6, 6.07) is 0.998. The van der Waals surface area contributed by atoms with E-state index in [-0.39, 0.29) is 17.5 Å². The molecule has 0 radical (unpaired) electrons. The molecular formula is C11H18N4O2. The molecule has 0 aromatic carbocycles. The van der Waals surface area contributed by atoms with Gasteiger partial charge in [-0.3, -0.25) is 9.59 Å². The summed E-state index contributed by atoms with van der Waals surface area (Å²) >= 11 is 0. The molecule has 6 nitrogen and oxygen atoms in total. The summed E-state index contributed by atoms with van der Waals surface area (Å²) in [5.41, 5.74) is 0.249. The van der Waals surface area contributed by atoms with Crippen LogP contribution in [0.1, 0.15) is 20.8 Å². The molecule has 1 amide bonds. The standard InChI is InChI=1S/C11H18N4O2/c1-4-15(5-2)11(17)8(3)13-9-6-10(16)14-12-7-9/h6-8H,4-5H2,1-3H3,(H2,13,14,16). The number of carbonyl (C=O) groups is 1. The van der Waals surface area contributed by atoms with E-state index in [1.54, 1.807) is 11.8 Å². The van der Waals surface area contributed by atoms with Gasteiger partial charge in [0.25, 0.3) is 5.56 Å². The minimum atomic E-state index is -0.376. The van der Waals surface area contributed by atoms with Gasteiger partial charge in [-0.25, -0.2) is 5.10 Å². The van der Waals surface area contributed by atoms with Crippen molar-refractivity contribution < 1.29 is 4.79 Å². The summed E-state index contributed by atoms with van der Waals surface area (Å²) < 4.78 is 0. The number of aromatic nitrogens is 2. The Morgan fingerprint density at radius 3 is 2.71 bits per heavy atom. The molecule has 0 bridgehead atoms. The third kappa shape index (κ3) is 3.58. The number of H-pyrrole nitrogens is 1. The van der Waals surface area contributed by atoms with Gasteiger partial charge in [0.05, 0.1) is 11.9 Å². The first-order valence-electron chi connectivity index (χ1n) is 5.68. The highest BCUT2D eigenvalue weighted by Gasteiger charge is 2.17. The van der Waals surface area contributed by atoms with E-state index >= 15 is 0 Å². The van der Waals surface area contributed by atoms with E-state index in [1.807, 2.05) is 13.8 Å². The molecular weight excluding hydrogens is 220 g/mol. The van der Waals surface area contributed by atoms with Gasteiger partial charge in [0.1, 0.15) is 6.04 Å². The topological polar surface area (TPSA) is 78.1 Å². The lowest BCUT2D eigenvalue weighted by atomic mass is 10.2. The van der Waals surface area contributed by atoms with Crippen LogP contribution in [0.5, 0.6) is 0 Å². The van der Waals surface area contributed by atoms with Crippen molar-refractivity contribution in [3.63, 3.8) is 0 Å². The van der Waals surface area contributed by atoms with Crippen molar-refractivity contribution in [3.8, 4) is 0 Å². The number of hydrogen-bond donors (Lipinski definition) is 2. The molecule has 0 saturated heterocycles. The Kier molecular flexibility index (Phi) is 4.68. The van der Waals surface area contributed by atoms with Crippen molar-refractivity contribution in [3.05, 3.63) is 22.6 Å². The van der Waals surface area contributed by atoms with Crippen molar-refractivity contribution in [2.75, 3.05) is 18.4 Å². The summed E-state index contributed by atoms with van der Waals surface area (Å²) in [5.74, 6) is 0.00952. The smallest absolute Gasteiger partial charge is 0.266 e. The van der Waals surface area contributed by atoms with E-state index in [0.717, 1.165) is 0 Å². The Balaban J connectivity index is 2.69. The third-order valence-corrected chi connectivity index (χ3v) is 2.49. The summed E-state index contributed by atoms with van der Waals surface area (Å²) in [7, 11) is 0. The van der Waals surface area contributed by atoms with Crippen LogP contribution in [-0.4, -0.2) is 40.1 Å². The summed E-state index contributed by atoms with van der Waals surface area (Å²) in [5, 5.41) is 8.89. The fraction of sp³-hybridized carbons (Fsp3) is 0.545. The number of rotatable bonds is 5. The van der Waals surface area contributed by atoms with Crippen LogP contribution in [-0.2, 0) is 4.79 Å². The molecule has 1 aromatic rings. The van der Waals surface area contributed by atoms with Crippen molar-refractivity contribution in [1.29, 1.82) is 0 Å². The van der Waals surface area contributed by atoms with Gasteiger partial charge in [-0.2, -0.15) is 5.10 Å². The predicted molar refractivity (Wildman–Crippen MR) is 65.9 cm³/mol. The normalized spacial score (nSPS) is 11.9. The summed E-state index contributed by atoms with van der Waals surface area (Å²) in [4.78, 5) is 24.7. The van der Waals surface area contributed by atoms with E-state index in [2.05, 4.69) is 15.5 Å². The molecule has 1 rings (SSSR count). The Hall–Kier alpha value is -1.85. The van der Waals surface area contributed by atoms with Crippen LogP contribution in [0.15, 0.2) is 17.1 Å². The summed E-state index contributed by atoms with van der Waals surface area (Å²) in [6.07, 6.45) is 1.48. The van der Waals surface area contributed by atoms with E-state index < -0.39 is 0 Å². The Morgan fingerprint density at radius 1 is 1.53 bits per heavy atom. The highest BCUT2D eigenvalue weighted by atomic mass is 16.2. The average molecular weight is 238 g/mol. The number of likely N-dealkylation sites (N-methyl/N-ethyl adjacent to an activating group) is 1. The van der Waals surface area contributed by atoms with Gasteiger partial charge in [-0.05, 0) is 20.8 Å². The third-order valence-electron chi connectivity index (χ3n) is 2.49. The van der Waals surface area contributed by atoms with Gasteiger partial charge in [-0.15, -0.1) is 0 Å². The minimum Gasteiger partial charge on any atom is -0.372 e. The second-order valence-corrected chi connectivity index (χ2v) is 3.71. The lowest BCUT2D eigenvalue weighted by Gasteiger charge is -2.23. The SMILES string of the molecule is CCN(CC)C(=O)C(C)Nc1cn[nH]c(=O)c1. The number of hydrogen-bond acceptors (Lipinski definition) is 4. The zero-order chi connectivity index (χ0) is 12.8. The van der Waals surface area contributed by atoms with Crippen molar-refractivity contribution in [1.82, 2.24) is 15.1 Å². The Morgan fingerprint density at radius 2 is 2.18 bits per heavy atom. The second-order valence-electron chi connectivity index (χ2n) is 3.71. The second kappa shape index (κ2) is 6.03. The molecule has 6 heteroatoms. The molecule has 94 valence electrons. The Bertz CT molecular complexity index is 425. The fourth-order valence-electron chi connectivity index (χ4n) is 1.58. The molecule has 1 aromatic heterocycles. The van der Waals surface area contributed by atoms with Gasteiger partial charge >= 0.3 is 0 Å². The van der Waals surface area contributed by atoms with Crippen LogP contribution in [0.4, 0.5) is 5.69 Å². The molecule has 0 aliphatic rings. The molecule has 1 atom stereocenters. The highest BCUT2D eigenvalue weighted by Crippen LogP contribution is 2.04. The van der Waals surface area contributed by atoms with Crippen LogP contribution >= 0.6 is 0 Å². The van der Waals surface area contributed by atoms with E-state index in [0.29, 0.717) is 18.8 Å². The largest absolute Gasteiger partial charge is 0.372 e. The van der Waals surface area contributed by atoms with E-state index in [9.17, 15) is 9.59 Å². The van der Waals surface area contributed by atoms with Crippen molar-refractivity contribution >= 4 is 11.6 Å². The first-order valence-corrected chi connectivity index (χ1v) is 5.68. The zero-order valence-electron chi connectivity index (χ0n) is 10.4. The van der Waals surface area contributed by atoms with Crippen LogP contribution in [0, 0.1) is 0 Å². The molecule has 0 fully saturated rings. The molecule has 1 unspecified atom stereocenters. The predicted octanol–water partition coefficient (Wildman–Crippen LogP) is 0.439. The molecule has 0 aliphatic heterocycles. The lowest BCUT2D eigenvalue weighted by molar-refractivity contribution is -0.131. The molecule has 0 saturated carbocycles. The first-order chi connectivity index (χ1) is 8.08. The van der Waals surface area contributed by atoms with Crippen LogP contribution in [0.2, 0.25) is 0 Å². The summed E-state index contributed by atoms with van der Waals surface area (Å²) in [6.45, 7) is 6.98. The van der Waals surface area contributed by atoms with Gasteiger partial charge in [0, 0.05) is 19.2 Å². The van der Waals surface area contributed by atoms with Gasteiger partial charge in [0.2, 0.25) is 5.91 Å². The van der Waals surface area contributed by atoms with Crippen LogP contribution in [0.25, 0.3) is 0 Å². The van der Waals surface area contributed by atoms with Crippen molar-refractivity contribution in [2.24, 2.45) is 0 Å². The van der Waals surface area contributed by atoms with E-state index in [4.69, 9.17) is 0 Å². The number of amides is 1. The maximum absolute atomic E-state index is 12.0. The number of nitrogens with one attached hydrogen (secondary N) is 2. The fourth-order valence-corrected chi connectivity index (χ4v) is 1.58. The maximum Gasteiger partial charge on any atom is 0.266 e. The number of aromatic amines is 1.